The molecule has 29 heavy (non-hydrogen) atoms. The Morgan fingerprint density at radius 3 is 2.31 bits per heavy atom. The predicted molar refractivity (Wildman–Crippen MR) is 115 cm³/mol. The molecular weight excluding hydrogens is 386 g/mol. The SMILES string of the molecule is C=CCN(C(C(=O)OCc1ccccc1)C(C)CC)S(=O)(=O)c1ccc(C)cc1. The zero-order chi connectivity index (χ0) is 21.4. The molecule has 2 rings (SSSR count). The highest BCUT2D eigenvalue weighted by molar-refractivity contribution is 7.89. The van der Waals surface area contributed by atoms with Gasteiger partial charge in [-0.25, -0.2) is 8.42 Å². The molecule has 0 aliphatic heterocycles. The maximum absolute atomic E-state index is 13.3. The van der Waals surface area contributed by atoms with Gasteiger partial charge in [0.15, 0.2) is 0 Å². The molecule has 2 unspecified atom stereocenters. The largest absolute Gasteiger partial charge is 0.460 e. The molecule has 0 aliphatic carbocycles. The summed E-state index contributed by atoms with van der Waals surface area (Å²) >= 11 is 0. The van der Waals surface area contributed by atoms with E-state index in [0.717, 1.165) is 11.1 Å². The van der Waals surface area contributed by atoms with E-state index < -0.39 is 22.0 Å². The fourth-order valence-electron chi connectivity index (χ4n) is 3.01. The zero-order valence-corrected chi connectivity index (χ0v) is 18.1. The number of sulfonamides is 1. The molecule has 0 radical (unpaired) electrons. The van der Waals surface area contributed by atoms with Crippen LogP contribution in [0.4, 0.5) is 0 Å². The Morgan fingerprint density at radius 1 is 1.14 bits per heavy atom. The van der Waals surface area contributed by atoms with Crippen molar-refractivity contribution < 1.29 is 17.9 Å². The normalized spacial score (nSPS) is 13.7. The zero-order valence-electron chi connectivity index (χ0n) is 17.2. The maximum Gasteiger partial charge on any atom is 0.325 e. The predicted octanol–water partition coefficient (Wildman–Crippen LogP) is 4.33. The van der Waals surface area contributed by atoms with E-state index in [1.54, 1.807) is 24.3 Å². The van der Waals surface area contributed by atoms with Crippen LogP contribution < -0.4 is 0 Å². The second-order valence-electron chi connectivity index (χ2n) is 7.10. The number of ether oxygens (including phenoxy) is 1. The van der Waals surface area contributed by atoms with E-state index in [9.17, 15) is 13.2 Å². The van der Waals surface area contributed by atoms with Crippen LogP contribution in [0.15, 0.2) is 72.1 Å². The Bertz CT molecular complexity index is 908. The molecule has 0 bridgehead atoms. The first-order chi connectivity index (χ1) is 13.8. The van der Waals surface area contributed by atoms with Crippen molar-refractivity contribution in [2.45, 2.75) is 44.7 Å². The number of benzene rings is 2. The van der Waals surface area contributed by atoms with Crippen molar-refractivity contribution in [3.63, 3.8) is 0 Å². The van der Waals surface area contributed by atoms with Crippen molar-refractivity contribution in [3.05, 3.63) is 78.4 Å². The summed E-state index contributed by atoms with van der Waals surface area (Å²) in [5.41, 5.74) is 1.81. The Labute approximate surface area is 174 Å². The minimum absolute atomic E-state index is 0.0195. The third kappa shape index (κ3) is 5.78. The number of hydrogen-bond acceptors (Lipinski definition) is 4. The number of esters is 1. The summed E-state index contributed by atoms with van der Waals surface area (Å²) in [4.78, 5) is 13.1. The number of carbonyl (C=O) groups is 1. The fourth-order valence-corrected chi connectivity index (χ4v) is 4.65. The molecule has 6 heteroatoms. The molecule has 0 saturated heterocycles. The molecule has 0 fully saturated rings. The average Bonchev–Trinajstić information content (AvgIpc) is 2.72. The Morgan fingerprint density at radius 2 is 1.76 bits per heavy atom. The number of rotatable bonds is 10. The van der Waals surface area contributed by atoms with Gasteiger partial charge in [-0.3, -0.25) is 4.79 Å². The third-order valence-corrected chi connectivity index (χ3v) is 6.76. The van der Waals surface area contributed by atoms with Crippen molar-refractivity contribution in [2.24, 2.45) is 5.92 Å². The lowest BCUT2D eigenvalue weighted by atomic mass is 9.99. The van der Waals surface area contributed by atoms with Gasteiger partial charge in [0.05, 0.1) is 4.90 Å². The lowest BCUT2D eigenvalue weighted by molar-refractivity contribution is -0.151. The van der Waals surface area contributed by atoms with Gasteiger partial charge in [0.2, 0.25) is 10.0 Å². The number of carbonyl (C=O) groups excluding carboxylic acids is 1. The molecule has 156 valence electrons. The summed E-state index contributed by atoms with van der Waals surface area (Å²) in [6.45, 7) is 9.47. The highest BCUT2D eigenvalue weighted by Gasteiger charge is 2.39. The summed E-state index contributed by atoms with van der Waals surface area (Å²) in [5, 5.41) is 0. The van der Waals surface area contributed by atoms with Gasteiger partial charge in [-0.05, 0) is 30.5 Å². The number of hydrogen-bond donors (Lipinski definition) is 0. The summed E-state index contributed by atoms with van der Waals surface area (Å²) in [6, 6.07) is 15.0. The van der Waals surface area contributed by atoms with Crippen molar-refractivity contribution in [1.29, 1.82) is 0 Å². The van der Waals surface area contributed by atoms with E-state index in [1.165, 1.54) is 10.4 Å². The summed E-state index contributed by atoms with van der Waals surface area (Å²) in [7, 11) is -3.90. The van der Waals surface area contributed by atoms with Gasteiger partial charge in [0.25, 0.3) is 0 Å². The first-order valence-electron chi connectivity index (χ1n) is 9.71. The van der Waals surface area contributed by atoms with Gasteiger partial charge in [0.1, 0.15) is 12.6 Å². The maximum atomic E-state index is 13.3. The van der Waals surface area contributed by atoms with Crippen molar-refractivity contribution in [2.75, 3.05) is 6.54 Å². The van der Waals surface area contributed by atoms with Crippen LogP contribution in [0.1, 0.15) is 31.4 Å². The molecule has 0 aliphatic rings. The van der Waals surface area contributed by atoms with Crippen LogP contribution in [0.5, 0.6) is 0 Å². The minimum atomic E-state index is -3.90. The van der Waals surface area contributed by atoms with Gasteiger partial charge in [-0.15, -0.1) is 6.58 Å². The molecule has 0 amide bonds. The van der Waals surface area contributed by atoms with E-state index >= 15 is 0 Å². The molecule has 0 aromatic heterocycles. The van der Waals surface area contributed by atoms with Crippen molar-refractivity contribution in [3.8, 4) is 0 Å². The average molecular weight is 416 g/mol. The highest BCUT2D eigenvalue weighted by atomic mass is 32.2. The van der Waals surface area contributed by atoms with Crippen molar-refractivity contribution in [1.82, 2.24) is 4.31 Å². The monoisotopic (exact) mass is 415 g/mol. The van der Waals surface area contributed by atoms with Gasteiger partial charge in [-0.1, -0.05) is 74.4 Å². The Balaban J connectivity index is 2.35. The van der Waals surface area contributed by atoms with Crippen LogP contribution in [0, 0.1) is 12.8 Å². The van der Waals surface area contributed by atoms with Crippen LogP contribution in [-0.4, -0.2) is 31.3 Å². The van der Waals surface area contributed by atoms with Crippen LogP contribution in [-0.2, 0) is 26.2 Å². The fraction of sp³-hybridized carbons (Fsp3) is 0.348. The lowest BCUT2D eigenvalue weighted by Crippen LogP contribution is -2.49. The molecule has 0 N–H and O–H groups in total. The summed E-state index contributed by atoms with van der Waals surface area (Å²) in [6.07, 6.45) is 2.12. The van der Waals surface area contributed by atoms with E-state index in [4.69, 9.17) is 4.74 Å². The molecule has 2 aromatic rings. The minimum Gasteiger partial charge on any atom is -0.460 e. The van der Waals surface area contributed by atoms with E-state index in [2.05, 4.69) is 6.58 Å². The van der Waals surface area contributed by atoms with Crippen LogP contribution in [0.2, 0.25) is 0 Å². The summed E-state index contributed by atoms with van der Waals surface area (Å²) in [5.74, 6) is -0.779. The number of aryl methyl sites for hydroxylation is 1. The molecule has 0 saturated carbocycles. The second-order valence-corrected chi connectivity index (χ2v) is 8.99. The van der Waals surface area contributed by atoms with Gasteiger partial charge < -0.3 is 4.74 Å². The van der Waals surface area contributed by atoms with E-state index in [-0.39, 0.29) is 24.0 Å². The number of nitrogens with zero attached hydrogens (tertiary/aromatic N) is 1. The lowest BCUT2D eigenvalue weighted by Gasteiger charge is -2.32. The van der Waals surface area contributed by atoms with E-state index in [0.29, 0.717) is 6.42 Å². The summed E-state index contributed by atoms with van der Waals surface area (Å²) < 4.78 is 33.4. The highest BCUT2D eigenvalue weighted by Crippen LogP contribution is 2.25. The molecule has 0 heterocycles. The smallest absolute Gasteiger partial charge is 0.325 e. The van der Waals surface area contributed by atoms with Gasteiger partial charge >= 0.3 is 5.97 Å². The van der Waals surface area contributed by atoms with Gasteiger partial charge in [-0.2, -0.15) is 4.31 Å². The molecular formula is C23H29NO4S. The van der Waals surface area contributed by atoms with Crippen LogP contribution in [0.3, 0.4) is 0 Å². The standard InChI is InChI=1S/C23H29NO4S/c1-5-16-24(29(26,27)21-14-12-18(3)13-15-21)22(19(4)6-2)23(25)28-17-20-10-8-7-9-11-20/h5,7-15,19,22H,1,6,16-17H2,2-4H3. The first-order valence-corrected chi connectivity index (χ1v) is 11.1. The molecule has 5 nitrogen and oxygen atoms in total. The molecule has 2 aromatic carbocycles. The molecule has 2 atom stereocenters. The quantitative estimate of drug-likeness (QED) is 0.428. The third-order valence-electron chi connectivity index (χ3n) is 4.90. The second kappa shape index (κ2) is 10.4. The Kier molecular flexibility index (Phi) is 8.17. The Hall–Kier alpha value is -2.44. The van der Waals surface area contributed by atoms with Crippen LogP contribution in [0.25, 0.3) is 0 Å². The van der Waals surface area contributed by atoms with Crippen molar-refractivity contribution >= 4 is 16.0 Å². The van der Waals surface area contributed by atoms with Gasteiger partial charge in [0, 0.05) is 6.54 Å². The van der Waals surface area contributed by atoms with E-state index in [1.807, 2.05) is 51.1 Å². The first kappa shape index (κ1) is 22.8. The molecule has 0 spiro atoms. The topological polar surface area (TPSA) is 63.7 Å². The van der Waals surface area contributed by atoms with Crippen LogP contribution >= 0.6 is 0 Å².